The van der Waals surface area contributed by atoms with Crippen molar-refractivity contribution in [2.45, 2.75) is 85.5 Å². The van der Waals surface area contributed by atoms with E-state index in [9.17, 15) is 14.4 Å². The molecule has 3 saturated heterocycles. The largest absolute Gasteiger partial charge is 0.356 e. The Morgan fingerprint density at radius 3 is 2.20 bits per heavy atom. The molecule has 0 radical (unpaired) electrons. The molecule has 0 N–H and O–H groups in total. The Morgan fingerprint density at radius 2 is 1.54 bits per heavy atom. The van der Waals surface area contributed by atoms with E-state index in [0.717, 1.165) is 127 Å². The third-order valence-electron chi connectivity index (χ3n) is 13.9. The highest BCUT2D eigenvalue weighted by Gasteiger charge is 2.59. The summed E-state index contributed by atoms with van der Waals surface area (Å²) in [6, 6.07) is 0. The van der Waals surface area contributed by atoms with Crippen molar-refractivity contribution in [3.63, 3.8) is 0 Å². The average Bonchev–Trinajstić information content (AvgIpc) is 3.87. The Labute approximate surface area is 298 Å². The summed E-state index contributed by atoms with van der Waals surface area (Å²) in [5.41, 5.74) is 3.56. The molecule has 0 aromatic carbocycles. The number of allylic oxidation sites excluding steroid dienone is 6. The van der Waals surface area contributed by atoms with Gasteiger partial charge < -0.3 is 14.7 Å². The van der Waals surface area contributed by atoms with Gasteiger partial charge in [-0.25, -0.2) is 0 Å². The first-order chi connectivity index (χ1) is 24.0. The van der Waals surface area contributed by atoms with Gasteiger partial charge in [0.05, 0.1) is 6.54 Å². The van der Waals surface area contributed by atoms with E-state index in [-0.39, 0.29) is 28.3 Å². The van der Waals surface area contributed by atoms with Crippen LogP contribution in [0, 0.1) is 34.5 Å². The maximum absolute atomic E-state index is 14.4. The molecule has 7 aliphatic rings. The first-order valence-electron chi connectivity index (χ1n) is 19.6. The molecule has 50 heavy (non-hydrogen) atoms. The van der Waals surface area contributed by atoms with Gasteiger partial charge in [-0.1, -0.05) is 37.1 Å². The zero-order chi connectivity index (χ0) is 34.8. The predicted molar refractivity (Wildman–Crippen MR) is 198 cm³/mol. The number of carbonyl (C=O) groups is 3. The molecule has 1 aromatic rings. The van der Waals surface area contributed by atoms with Gasteiger partial charge in [0, 0.05) is 75.7 Å². The number of hydrogen-bond acceptors (Lipinski definition) is 9. The second-order valence-corrected chi connectivity index (χ2v) is 17.1. The van der Waals surface area contributed by atoms with Crippen LogP contribution >= 0.6 is 0 Å². The van der Waals surface area contributed by atoms with Crippen LogP contribution in [0.4, 0.5) is 17.6 Å². The van der Waals surface area contributed by atoms with Gasteiger partial charge in [-0.2, -0.15) is 9.97 Å². The van der Waals surface area contributed by atoms with Gasteiger partial charge in [0.1, 0.15) is 17.4 Å². The minimum Gasteiger partial charge on any atom is -0.356 e. The van der Waals surface area contributed by atoms with E-state index in [1.165, 1.54) is 11.1 Å². The Morgan fingerprint density at radius 1 is 0.900 bits per heavy atom. The van der Waals surface area contributed by atoms with E-state index in [1.807, 2.05) is 6.08 Å². The number of aromatic nitrogens is 2. The van der Waals surface area contributed by atoms with E-state index >= 15 is 0 Å². The molecular formula is C41H56N6O3. The quantitative estimate of drug-likeness (QED) is 0.326. The molecule has 4 heterocycles. The summed E-state index contributed by atoms with van der Waals surface area (Å²) in [6.07, 6.45) is 17.3. The van der Waals surface area contributed by atoms with Crippen molar-refractivity contribution in [1.29, 1.82) is 0 Å². The molecule has 1 aromatic heterocycles. The van der Waals surface area contributed by atoms with Crippen molar-refractivity contribution < 1.29 is 14.4 Å². The van der Waals surface area contributed by atoms with Crippen molar-refractivity contribution in [3.8, 4) is 0 Å². The predicted octanol–water partition coefficient (Wildman–Crippen LogP) is 5.59. The lowest BCUT2D eigenvalue weighted by Crippen LogP contribution is -2.51. The van der Waals surface area contributed by atoms with E-state index < -0.39 is 0 Å². The van der Waals surface area contributed by atoms with Crippen LogP contribution in [0.25, 0.3) is 0 Å². The standard InChI is InChI=1S/C41H56N6O3/c1-27-23-34-31-10-9-29-25-30(49)11-13-40(29,3)33(31)12-14-41(34,4)36(27)35(50)26-44-19-21-46(22-20-44)38-32(24-28(2)48)37(45-15-5-6-16-45)42-39(43-38)47-17-7-8-18-47/h11-13,25,27,31,34,36H,5-10,14-24,26H2,1-4H3/t27-,31-,34+,36-,40+,41+/m1/s1. The molecular weight excluding hydrogens is 624 g/mol. The van der Waals surface area contributed by atoms with Crippen LogP contribution in [0.5, 0.6) is 0 Å². The van der Waals surface area contributed by atoms with E-state index in [4.69, 9.17) is 9.97 Å². The minimum absolute atomic E-state index is 0.0290. The fourth-order valence-corrected chi connectivity index (χ4v) is 11.4. The number of carbonyl (C=O) groups excluding carboxylic acids is 3. The monoisotopic (exact) mass is 680 g/mol. The SMILES string of the molecule is CC(=O)Cc1c(N2CCCC2)nc(N2CCCC2)nc1N1CCN(CC(=O)[C@H]2[C@H](C)C[C@H]3[C@@H]4CCC5=CC(=O)C=C[C@]5(C)C4=CC[C@@]32C)CC1. The molecule has 2 saturated carbocycles. The smallest absolute Gasteiger partial charge is 0.229 e. The number of hydrogen-bond donors (Lipinski definition) is 0. The first-order valence-corrected chi connectivity index (χ1v) is 19.6. The van der Waals surface area contributed by atoms with Crippen LogP contribution in [0.15, 0.2) is 35.5 Å². The number of Topliss-reactive ketones (excluding diaryl/α,β-unsaturated/α-hetero) is 2. The Balaban J connectivity index is 0.985. The summed E-state index contributed by atoms with van der Waals surface area (Å²) < 4.78 is 0. The fraction of sp³-hybridized carbons (Fsp3) is 0.683. The van der Waals surface area contributed by atoms with E-state index in [1.54, 1.807) is 13.0 Å². The van der Waals surface area contributed by atoms with Gasteiger partial charge in [-0.05, 0) is 101 Å². The summed E-state index contributed by atoms with van der Waals surface area (Å²) in [5.74, 6) is 4.75. The highest BCUT2D eigenvalue weighted by molar-refractivity contribution is 6.01. The normalized spacial score (nSPS) is 34.0. The molecule has 4 aliphatic carbocycles. The maximum Gasteiger partial charge on any atom is 0.229 e. The van der Waals surface area contributed by atoms with Crippen LogP contribution in [0.2, 0.25) is 0 Å². The lowest BCUT2D eigenvalue weighted by molar-refractivity contribution is -0.129. The van der Waals surface area contributed by atoms with Crippen molar-refractivity contribution in [2.24, 2.45) is 34.5 Å². The molecule has 3 aliphatic heterocycles. The summed E-state index contributed by atoms with van der Waals surface area (Å²) in [7, 11) is 0. The number of fused-ring (bicyclic) bond motifs is 5. The molecule has 9 nitrogen and oxygen atoms in total. The third-order valence-corrected chi connectivity index (χ3v) is 13.9. The molecule has 268 valence electrons. The van der Waals surface area contributed by atoms with Gasteiger partial charge in [0.2, 0.25) is 5.95 Å². The van der Waals surface area contributed by atoms with Crippen LogP contribution in [0.1, 0.15) is 84.6 Å². The van der Waals surface area contributed by atoms with Crippen LogP contribution in [-0.2, 0) is 20.8 Å². The van der Waals surface area contributed by atoms with Gasteiger partial charge >= 0.3 is 0 Å². The fourth-order valence-electron chi connectivity index (χ4n) is 11.4. The summed E-state index contributed by atoms with van der Waals surface area (Å²) in [5, 5.41) is 0. The Kier molecular flexibility index (Phi) is 8.80. The lowest BCUT2D eigenvalue weighted by atomic mass is 9.52. The zero-order valence-electron chi connectivity index (χ0n) is 30.8. The van der Waals surface area contributed by atoms with Gasteiger partial charge in [0.25, 0.3) is 0 Å². The first kappa shape index (κ1) is 33.8. The number of ketones is 3. The highest BCUT2D eigenvalue weighted by atomic mass is 16.1. The van der Waals surface area contributed by atoms with Crippen LogP contribution in [-0.4, -0.2) is 91.1 Å². The number of nitrogens with zero attached hydrogens (tertiary/aromatic N) is 6. The molecule has 8 rings (SSSR count). The second-order valence-electron chi connectivity index (χ2n) is 17.1. The molecule has 0 amide bonds. The zero-order valence-corrected chi connectivity index (χ0v) is 30.8. The van der Waals surface area contributed by atoms with Crippen molar-refractivity contribution in [1.82, 2.24) is 14.9 Å². The topological polar surface area (TPSA) is 90.0 Å². The lowest BCUT2D eigenvalue weighted by Gasteiger charge is -2.52. The Hall–Kier alpha value is -3.33. The van der Waals surface area contributed by atoms with E-state index in [0.29, 0.717) is 36.5 Å². The molecule has 5 fully saturated rings. The maximum atomic E-state index is 14.4. The number of rotatable bonds is 8. The van der Waals surface area contributed by atoms with Gasteiger partial charge in [0.15, 0.2) is 11.6 Å². The second kappa shape index (κ2) is 13.0. The summed E-state index contributed by atoms with van der Waals surface area (Å²) in [6.45, 7) is 16.3. The van der Waals surface area contributed by atoms with Gasteiger partial charge in [-0.3, -0.25) is 19.3 Å². The third kappa shape index (κ3) is 5.75. The van der Waals surface area contributed by atoms with Gasteiger partial charge in [-0.15, -0.1) is 0 Å². The minimum atomic E-state index is -0.151. The molecule has 0 unspecified atom stereocenters. The molecule has 6 atom stereocenters. The number of piperazine rings is 1. The molecule has 0 spiro atoms. The summed E-state index contributed by atoms with van der Waals surface area (Å²) in [4.78, 5) is 58.9. The van der Waals surface area contributed by atoms with E-state index in [2.05, 4.69) is 52.5 Å². The van der Waals surface area contributed by atoms with Crippen LogP contribution < -0.4 is 14.7 Å². The number of anilines is 3. The van der Waals surface area contributed by atoms with Crippen molar-refractivity contribution in [2.75, 3.05) is 73.6 Å². The molecule has 9 heteroatoms. The van der Waals surface area contributed by atoms with Crippen molar-refractivity contribution in [3.05, 3.63) is 41.0 Å². The molecule has 0 bridgehead atoms. The summed E-state index contributed by atoms with van der Waals surface area (Å²) >= 11 is 0. The van der Waals surface area contributed by atoms with Crippen LogP contribution in [0.3, 0.4) is 0 Å². The van der Waals surface area contributed by atoms with Crippen molar-refractivity contribution >= 4 is 34.9 Å². The average molecular weight is 681 g/mol. The Bertz CT molecular complexity index is 1640. The highest BCUT2D eigenvalue weighted by Crippen LogP contribution is 2.65.